The van der Waals surface area contributed by atoms with Crippen LogP contribution in [0.25, 0.3) is 0 Å². The first kappa shape index (κ1) is 13.8. The minimum atomic E-state index is -1.18. The number of halogens is 1. The Labute approximate surface area is 111 Å². The van der Waals surface area contributed by atoms with Crippen LogP contribution >= 0.6 is 0 Å². The van der Waals surface area contributed by atoms with E-state index < -0.39 is 17.9 Å². The molecule has 1 saturated carbocycles. The second-order valence-corrected chi connectivity index (χ2v) is 4.92. The lowest BCUT2D eigenvalue weighted by atomic mass is 10.0. The normalized spacial score (nSPS) is 23.7. The smallest absolute Gasteiger partial charge is 0.337 e. The van der Waals surface area contributed by atoms with Crippen molar-refractivity contribution >= 4 is 11.7 Å². The summed E-state index contributed by atoms with van der Waals surface area (Å²) in [5.41, 5.74) is -0.127. The van der Waals surface area contributed by atoms with E-state index >= 15 is 0 Å². The summed E-state index contributed by atoms with van der Waals surface area (Å²) in [6.45, 7) is 0. The average molecular weight is 267 g/mol. The van der Waals surface area contributed by atoms with Crippen LogP contribution in [0.1, 0.15) is 42.5 Å². The van der Waals surface area contributed by atoms with E-state index in [2.05, 4.69) is 5.32 Å². The monoisotopic (exact) mass is 267 g/mol. The first-order valence-electron chi connectivity index (χ1n) is 6.56. The number of hydrogen-bond acceptors (Lipinski definition) is 3. The van der Waals surface area contributed by atoms with Crippen molar-refractivity contribution in [3.05, 3.63) is 29.6 Å². The van der Waals surface area contributed by atoms with Gasteiger partial charge >= 0.3 is 5.97 Å². The van der Waals surface area contributed by atoms with Gasteiger partial charge in [0.2, 0.25) is 0 Å². The van der Waals surface area contributed by atoms with Crippen LogP contribution in [0.5, 0.6) is 0 Å². The lowest BCUT2D eigenvalue weighted by Gasteiger charge is -2.24. The van der Waals surface area contributed by atoms with Gasteiger partial charge in [0.05, 0.1) is 23.4 Å². The summed E-state index contributed by atoms with van der Waals surface area (Å²) < 4.78 is 13.8. The molecule has 1 aromatic rings. The first-order chi connectivity index (χ1) is 9.09. The molecule has 0 spiro atoms. The molecule has 0 aromatic heterocycles. The van der Waals surface area contributed by atoms with Crippen molar-refractivity contribution in [2.24, 2.45) is 0 Å². The van der Waals surface area contributed by atoms with E-state index in [4.69, 9.17) is 5.11 Å². The zero-order chi connectivity index (χ0) is 13.8. The molecule has 5 heteroatoms. The zero-order valence-electron chi connectivity index (χ0n) is 10.6. The van der Waals surface area contributed by atoms with Gasteiger partial charge in [-0.3, -0.25) is 0 Å². The van der Waals surface area contributed by atoms with E-state index in [1.807, 2.05) is 0 Å². The number of carboxylic acids is 1. The summed E-state index contributed by atoms with van der Waals surface area (Å²) in [7, 11) is 0. The lowest BCUT2D eigenvalue weighted by molar-refractivity contribution is 0.0697. The fraction of sp³-hybridized carbons (Fsp3) is 0.500. The molecule has 0 amide bonds. The van der Waals surface area contributed by atoms with Crippen LogP contribution in [0.4, 0.5) is 10.1 Å². The number of rotatable bonds is 3. The predicted octanol–water partition coefficient (Wildman–Crippen LogP) is 2.63. The van der Waals surface area contributed by atoms with Crippen molar-refractivity contribution in [2.45, 2.75) is 44.2 Å². The number of para-hydroxylation sites is 1. The second-order valence-electron chi connectivity index (χ2n) is 4.92. The number of nitrogens with one attached hydrogen (secondary N) is 1. The van der Waals surface area contributed by atoms with Gasteiger partial charge in [0.1, 0.15) is 5.82 Å². The van der Waals surface area contributed by atoms with E-state index in [1.54, 1.807) is 0 Å². The third kappa shape index (κ3) is 3.23. The van der Waals surface area contributed by atoms with Crippen molar-refractivity contribution in [1.82, 2.24) is 0 Å². The van der Waals surface area contributed by atoms with Gasteiger partial charge in [0, 0.05) is 0 Å². The number of hydrogen-bond donors (Lipinski definition) is 3. The Balaban J connectivity index is 2.24. The van der Waals surface area contributed by atoms with Gasteiger partial charge in [-0.05, 0) is 25.0 Å². The Bertz CT molecular complexity index is 464. The third-order valence-corrected chi connectivity index (χ3v) is 3.55. The van der Waals surface area contributed by atoms with Gasteiger partial charge < -0.3 is 15.5 Å². The number of aliphatic hydroxyl groups excluding tert-OH is 1. The Morgan fingerprint density at radius 2 is 2.00 bits per heavy atom. The zero-order valence-corrected chi connectivity index (χ0v) is 10.6. The topological polar surface area (TPSA) is 69.6 Å². The van der Waals surface area contributed by atoms with E-state index in [1.165, 1.54) is 18.2 Å². The van der Waals surface area contributed by atoms with Crippen LogP contribution < -0.4 is 5.32 Å². The number of carboxylic acid groups (broad SMARTS) is 1. The number of carbonyl (C=O) groups is 1. The highest BCUT2D eigenvalue weighted by atomic mass is 19.1. The molecule has 0 aliphatic heterocycles. The second kappa shape index (κ2) is 6.02. The third-order valence-electron chi connectivity index (χ3n) is 3.55. The maximum Gasteiger partial charge on any atom is 0.337 e. The Morgan fingerprint density at radius 3 is 2.74 bits per heavy atom. The number of aliphatic hydroxyl groups is 1. The van der Waals surface area contributed by atoms with Gasteiger partial charge in [0.25, 0.3) is 0 Å². The summed E-state index contributed by atoms with van der Waals surface area (Å²) >= 11 is 0. The summed E-state index contributed by atoms with van der Waals surface area (Å²) in [5.74, 6) is -1.78. The maximum atomic E-state index is 13.8. The summed E-state index contributed by atoms with van der Waals surface area (Å²) in [5, 5.41) is 22.0. The van der Waals surface area contributed by atoms with Crippen LogP contribution in [0, 0.1) is 5.82 Å². The van der Waals surface area contributed by atoms with Crippen LogP contribution in [0.3, 0.4) is 0 Å². The highest BCUT2D eigenvalue weighted by Crippen LogP contribution is 2.26. The molecule has 1 aliphatic rings. The van der Waals surface area contributed by atoms with Crippen LogP contribution in [-0.4, -0.2) is 28.3 Å². The van der Waals surface area contributed by atoms with Gasteiger partial charge in [-0.25, -0.2) is 9.18 Å². The molecule has 0 radical (unpaired) electrons. The van der Waals surface area contributed by atoms with Crippen molar-refractivity contribution < 1.29 is 19.4 Å². The quantitative estimate of drug-likeness (QED) is 0.736. The summed E-state index contributed by atoms with van der Waals surface area (Å²) in [6.07, 6.45) is 3.75. The van der Waals surface area contributed by atoms with Crippen LogP contribution in [-0.2, 0) is 0 Å². The van der Waals surface area contributed by atoms with Gasteiger partial charge in [0.15, 0.2) is 0 Å². The van der Waals surface area contributed by atoms with Gasteiger partial charge in [-0.15, -0.1) is 0 Å². The molecule has 2 unspecified atom stereocenters. The Morgan fingerprint density at radius 1 is 1.26 bits per heavy atom. The van der Waals surface area contributed by atoms with Crippen molar-refractivity contribution in [3.63, 3.8) is 0 Å². The molecule has 4 nitrogen and oxygen atoms in total. The van der Waals surface area contributed by atoms with Crippen molar-refractivity contribution in [2.75, 3.05) is 5.32 Å². The molecule has 1 fully saturated rings. The van der Waals surface area contributed by atoms with E-state index in [9.17, 15) is 14.3 Å². The minimum absolute atomic E-state index is 0.0269. The fourth-order valence-electron chi connectivity index (χ4n) is 2.49. The molecule has 104 valence electrons. The minimum Gasteiger partial charge on any atom is -0.478 e. The number of anilines is 1. The van der Waals surface area contributed by atoms with Gasteiger partial charge in [-0.2, -0.15) is 0 Å². The van der Waals surface area contributed by atoms with Crippen LogP contribution in [0.2, 0.25) is 0 Å². The lowest BCUT2D eigenvalue weighted by Crippen LogP contribution is -2.33. The molecule has 0 saturated heterocycles. The maximum absolute atomic E-state index is 13.8. The molecule has 2 atom stereocenters. The first-order valence-corrected chi connectivity index (χ1v) is 6.56. The van der Waals surface area contributed by atoms with E-state index in [0.29, 0.717) is 12.8 Å². The summed E-state index contributed by atoms with van der Waals surface area (Å²) in [6, 6.07) is 3.65. The predicted molar refractivity (Wildman–Crippen MR) is 69.9 cm³/mol. The number of benzene rings is 1. The Hall–Kier alpha value is -1.62. The molecule has 1 aromatic carbocycles. The molecular weight excluding hydrogens is 249 g/mol. The Kier molecular flexibility index (Phi) is 4.37. The number of aromatic carboxylic acids is 1. The molecule has 0 bridgehead atoms. The highest BCUT2D eigenvalue weighted by Gasteiger charge is 2.24. The molecule has 0 heterocycles. The molecule has 2 rings (SSSR count). The highest BCUT2D eigenvalue weighted by molar-refractivity contribution is 5.94. The molecule has 3 N–H and O–H groups in total. The molecular formula is C14H18FNO3. The van der Waals surface area contributed by atoms with Crippen molar-refractivity contribution in [1.29, 1.82) is 0 Å². The van der Waals surface area contributed by atoms with E-state index in [0.717, 1.165) is 19.3 Å². The average Bonchev–Trinajstić information content (AvgIpc) is 2.57. The largest absolute Gasteiger partial charge is 0.478 e. The fourth-order valence-corrected chi connectivity index (χ4v) is 2.49. The molecule has 1 aliphatic carbocycles. The van der Waals surface area contributed by atoms with Crippen LogP contribution in [0.15, 0.2) is 18.2 Å². The molecule has 19 heavy (non-hydrogen) atoms. The SMILES string of the molecule is O=C(O)c1cccc(F)c1NC1CCCCCC1O. The van der Waals surface area contributed by atoms with Crippen molar-refractivity contribution in [3.8, 4) is 0 Å². The van der Waals surface area contributed by atoms with Gasteiger partial charge in [-0.1, -0.05) is 25.3 Å². The standard InChI is InChI=1S/C14H18FNO3/c15-10-6-4-5-9(14(18)19)13(10)16-11-7-2-1-3-8-12(11)17/h4-6,11-12,16-17H,1-3,7-8H2,(H,18,19). The summed E-state index contributed by atoms with van der Waals surface area (Å²) in [4.78, 5) is 11.1. The van der Waals surface area contributed by atoms with E-state index in [-0.39, 0.29) is 17.3 Å².